The minimum Gasteiger partial charge on any atom is -0.744 e. The van der Waals surface area contributed by atoms with Crippen molar-refractivity contribution in [3.8, 4) is 0 Å². The largest absolute Gasteiger partial charge is 0.744 e. The molecule has 5 nitrogen and oxygen atoms in total. The zero-order chi connectivity index (χ0) is 35.0. The average molecular weight is 691 g/mol. The van der Waals surface area contributed by atoms with Crippen molar-refractivity contribution in [1.29, 1.82) is 0 Å². The van der Waals surface area contributed by atoms with Crippen molar-refractivity contribution in [2.75, 3.05) is 18.0 Å². The first-order valence-electron chi connectivity index (χ1n) is 17.2. The minimum absolute atomic E-state index is 0.160. The van der Waals surface area contributed by atoms with Crippen LogP contribution in [0.25, 0.3) is 21.5 Å². The smallest absolute Gasteiger partial charge is 0.210 e. The third-order valence-corrected chi connectivity index (χ3v) is 12.2. The van der Waals surface area contributed by atoms with Crippen LogP contribution in [-0.2, 0) is 20.9 Å². The number of allylic oxidation sites excluding steroid dienone is 8. The van der Waals surface area contributed by atoms with E-state index >= 15 is 0 Å². The van der Waals surface area contributed by atoms with Gasteiger partial charge in [0.2, 0.25) is 5.69 Å². The molecule has 7 heteroatoms. The van der Waals surface area contributed by atoms with E-state index in [-0.39, 0.29) is 15.7 Å². The third-order valence-electron chi connectivity index (χ3n) is 10.8. The summed E-state index contributed by atoms with van der Waals surface area (Å²) in [6.07, 6.45) is 10.6. The van der Waals surface area contributed by atoms with Crippen molar-refractivity contribution in [3.63, 3.8) is 0 Å². The molecule has 0 fully saturated rings. The summed E-state index contributed by atoms with van der Waals surface area (Å²) >= 11 is 7.12. The molecule has 0 amide bonds. The molecular formula is C42H43ClN2O3S. The number of fused-ring (bicyclic) bond motifs is 6. The van der Waals surface area contributed by atoms with Crippen molar-refractivity contribution in [2.45, 2.75) is 77.0 Å². The van der Waals surface area contributed by atoms with Gasteiger partial charge in [-0.15, -0.1) is 0 Å². The minimum atomic E-state index is -4.54. The van der Waals surface area contributed by atoms with Crippen LogP contribution in [0.1, 0.15) is 71.1 Å². The lowest BCUT2D eigenvalue weighted by molar-refractivity contribution is -0.433. The molecule has 4 aromatic carbocycles. The predicted molar refractivity (Wildman–Crippen MR) is 203 cm³/mol. The second-order valence-corrected chi connectivity index (χ2v) is 16.3. The van der Waals surface area contributed by atoms with Crippen LogP contribution in [0, 0.1) is 6.92 Å². The Kier molecular flexibility index (Phi) is 8.09. The second-order valence-electron chi connectivity index (χ2n) is 14.5. The molecular weight excluding hydrogens is 648 g/mol. The molecule has 3 aliphatic rings. The predicted octanol–water partition coefficient (Wildman–Crippen LogP) is 10.1. The Balaban J connectivity index is 1.22. The van der Waals surface area contributed by atoms with Gasteiger partial charge in [-0.25, -0.2) is 8.42 Å². The number of rotatable bonds is 6. The number of likely N-dealkylation sites (N-methyl/N-ethyl adjacent to an activating group) is 1. The molecule has 2 heterocycles. The van der Waals surface area contributed by atoms with Crippen LogP contribution in [0.15, 0.2) is 112 Å². The summed E-state index contributed by atoms with van der Waals surface area (Å²) in [4.78, 5) is 2.11. The van der Waals surface area contributed by atoms with Gasteiger partial charge in [0.25, 0.3) is 0 Å². The molecule has 0 N–H and O–H groups in total. The van der Waals surface area contributed by atoms with E-state index in [1.165, 1.54) is 45.4 Å². The van der Waals surface area contributed by atoms with Gasteiger partial charge < -0.3 is 9.45 Å². The summed E-state index contributed by atoms with van der Waals surface area (Å²) in [5.41, 5.74) is 10.4. The summed E-state index contributed by atoms with van der Waals surface area (Å²) in [5.74, 6) is 0. The highest BCUT2D eigenvalue weighted by Gasteiger charge is 2.45. The van der Waals surface area contributed by atoms with E-state index in [2.05, 4.69) is 113 Å². The number of anilines is 1. The lowest BCUT2D eigenvalue weighted by Crippen LogP contribution is -2.27. The molecule has 0 saturated carbocycles. The molecule has 0 spiro atoms. The second kappa shape index (κ2) is 11.8. The normalized spacial score (nSPS) is 20.2. The number of nitrogens with zero attached hydrogens (tertiary/aromatic N) is 2. The van der Waals surface area contributed by atoms with Gasteiger partial charge in [0.05, 0.1) is 10.3 Å². The van der Waals surface area contributed by atoms with E-state index in [0.717, 1.165) is 69.8 Å². The Morgan fingerprint density at radius 3 is 2.27 bits per heavy atom. The number of benzene rings is 4. The molecule has 4 aromatic rings. The summed E-state index contributed by atoms with van der Waals surface area (Å²) in [6.45, 7) is 17.2. The Morgan fingerprint density at radius 2 is 1.55 bits per heavy atom. The molecule has 2 aliphatic heterocycles. The monoisotopic (exact) mass is 690 g/mol. The Hall–Kier alpha value is -3.97. The fourth-order valence-corrected chi connectivity index (χ4v) is 9.31. The van der Waals surface area contributed by atoms with E-state index in [1.807, 2.05) is 12.1 Å². The van der Waals surface area contributed by atoms with Gasteiger partial charge in [0.1, 0.15) is 16.7 Å². The number of hydrogen-bond acceptors (Lipinski definition) is 4. The van der Waals surface area contributed by atoms with E-state index in [0.29, 0.717) is 0 Å². The van der Waals surface area contributed by atoms with Gasteiger partial charge in [-0.2, -0.15) is 4.58 Å². The molecule has 0 bridgehead atoms. The van der Waals surface area contributed by atoms with E-state index < -0.39 is 10.1 Å². The van der Waals surface area contributed by atoms with Crippen molar-refractivity contribution in [2.24, 2.45) is 0 Å². The maximum Gasteiger partial charge on any atom is 0.210 e. The highest BCUT2D eigenvalue weighted by atomic mass is 35.5. The lowest BCUT2D eigenvalue weighted by Gasteiger charge is -2.26. The first-order chi connectivity index (χ1) is 23.2. The summed E-state index contributed by atoms with van der Waals surface area (Å²) in [7, 11) is -4.54. The van der Waals surface area contributed by atoms with Crippen LogP contribution >= 0.6 is 11.6 Å². The zero-order valence-electron chi connectivity index (χ0n) is 29.3. The van der Waals surface area contributed by atoms with E-state index in [1.54, 1.807) is 6.07 Å². The van der Waals surface area contributed by atoms with Crippen molar-refractivity contribution in [1.82, 2.24) is 0 Å². The molecule has 0 aromatic heterocycles. The molecule has 252 valence electrons. The molecule has 1 aliphatic carbocycles. The van der Waals surface area contributed by atoms with Gasteiger partial charge in [0, 0.05) is 46.1 Å². The van der Waals surface area contributed by atoms with Gasteiger partial charge in [-0.05, 0) is 116 Å². The van der Waals surface area contributed by atoms with E-state index in [4.69, 9.17) is 11.6 Å². The fourth-order valence-electron chi connectivity index (χ4n) is 8.49. The zero-order valence-corrected chi connectivity index (χ0v) is 30.9. The van der Waals surface area contributed by atoms with Crippen molar-refractivity contribution in [3.05, 3.63) is 124 Å². The summed E-state index contributed by atoms with van der Waals surface area (Å²) in [6, 6.07) is 19.9. The Bertz CT molecular complexity index is 2360. The average Bonchev–Trinajstić information content (AvgIpc) is 3.60. The molecule has 49 heavy (non-hydrogen) atoms. The topological polar surface area (TPSA) is 63.5 Å². The first kappa shape index (κ1) is 33.5. The van der Waals surface area contributed by atoms with Crippen molar-refractivity contribution >= 4 is 60.4 Å². The molecule has 0 atom stereocenters. The quantitative estimate of drug-likeness (QED) is 0.149. The van der Waals surface area contributed by atoms with Gasteiger partial charge in [-0.3, -0.25) is 0 Å². The number of aryl methyl sites for hydroxylation is 1. The van der Waals surface area contributed by atoms with Gasteiger partial charge >= 0.3 is 0 Å². The Morgan fingerprint density at radius 1 is 0.857 bits per heavy atom. The third kappa shape index (κ3) is 5.31. The molecule has 0 unspecified atom stereocenters. The molecule has 7 rings (SSSR count). The van der Waals surface area contributed by atoms with Crippen LogP contribution in [0.2, 0.25) is 0 Å². The van der Waals surface area contributed by atoms with Crippen LogP contribution in [-0.4, -0.2) is 36.3 Å². The summed E-state index contributed by atoms with van der Waals surface area (Å²) < 4.78 is 37.6. The highest BCUT2D eigenvalue weighted by molar-refractivity contribution is 7.85. The maximum atomic E-state index is 11.7. The van der Waals surface area contributed by atoms with Gasteiger partial charge in [-0.1, -0.05) is 73.5 Å². The van der Waals surface area contributed by atoms with Crippen LogP contribution in [0.4, 0.5) is 11.4 Å². The Labute approximate surface area is 295 Å². The molecule has 0 saturated heterocycles. The first-order valence-corrected chi connectivity index (χ1v) is 18.9. The van der Waals surface area contributed by atoms with Crippen LogP contribution < -0.4 is 4.90 Å². The molecule has 0 radical (unpaired) electrons. The van der Waals surface area contributed by atoms with Crippen LogP contribution in [0.3, 0.4) is 0 Å². The number of hydrogen-bond donors (Lipinski definition) is 0. The fraction of sp³-hybridized carbons (Fsp3) is 0.310. The van der Waals surface area contributed by atoms with Gasteiger partial charge in [0.15, 0.2) is 5.71 Å². The summed E-state index contributed by atoms with van der Waals surface area (Å²) in [5, 5.41) is 5.12. The van der Waals surface area contributed by atoms with Crippen LogP contribution in [0.5, 0.6) is 0 Å². The lowest BCUT2D eigenvalue weighted by atomic mass is 9.78. The van der Waals surface area contributed by atoms with Crippen molar-refractivity contribution < 1.29 is 17.5 Å². The highest BCUT2D eigenvalue weighted by Crippen LogP contribution is 2.51. The SMILES string of the molecule is CCN1C(=CC=C2CCC(C=CC3=[N+](CC)c4ccc5cc(C)ccc5c4C3(C)C)=C2Cl)C(C)(C)c2c1ccc1cc(S(=O)(=O)[O-])ccc21. The van der Waals surface area contributed by atoms with E-state index in [9.17, 15) is 13.0 Å². The maximum absolute atomic E-state index is 11.7. The standard InChI is InChI=1S/C42H43ClN2O3S/c1-8-44-34-20-13-29-24-26(3)10-18-32(29)38(34)41(4,5)36(44)22-15-27-11-12-28(40(27)43)16-23-37-42(6,7)39-33-19-17-31(49(46,47)48)25-30(33)14-21-35(39)45(37)9-2/h10,13-25H,8-9,11-12H2,1-7H3. The number of halogens is 1.